The van der Waals surface area contributed by atoms with Crippen molar-refractivity contribution in [2.75, 3.05) is 11.1 Å². The van der Waals surface area contributed by atoms with Gasteiger partial charge in [0.15, 0.2) is 0 Å². The van der Waals surface area contributed by atoms with Crippen LogP contribution >= 0.6 is 23.2 Å². The molecule has 2 aromatic carbocycles. The van der Waals surface area contributed by atoms with E-state index in [-0.39, 0.29) is 11.9 Å². The van der Waals surface area contributed by atoms with Crippen molar-refractivity contribution >= 4 is 40.5 Å². The largest absolute Gasteiger partial charge is 0.397 e. The Morgan fingerprint density at radius 3 is 2.55 bits per heavy atom. The molecule has 0 saturated carbocycles. The van der Waals surface area contributed by atoms with Crippen molar-refractivity contribution in [3.05, 3.63) is 87.7 Å². The Morgan fingerprint density at radius 1 is 1.14 bits per heavy atom. The number of carbonyl (C=O) groups is 1. The van der Waals surface area contributed by atoms with E-state index in [9.17, 15) is 4.79 Å². The molecule has 1 aromatic heterocycles. The first-order valence-electron chi connectivity index (χ1n) is 9.27. The Kier molecular flexibility index (Phi) is 6.96. The van der Waals surface area contributed by atoms with Crippen LogP contribution in [0.15, 0.2) is 60.8 Å². The van der Waals surface area contributed by atoms with Crippen molar-refractivity contribution in [1.29, 1.82) is 0 Å². The number of nitrogens with one attached hydrogen (secondary N) is 2. The first-order chi connectivity index (χ1) is 14.0. The second-order valence-electron chi connectivity index (χ2n) is 6.58. The van der Waals surface area contributed by atoms with E-state index in [1.807, 2.05) is 37.3 Å². The number of hydrogen-bond acceptors (Lipinski definition) is 4. The Labute approximate surface area is 180 Å². The fraction of sp³-hybridized carbons (Fsp3) is 0.182. The zero-order valence-corrected chi connectivity index (χ0v) is 17.5. The summed E-state index contributed by atoms with van der Waals surface area (Å²) in [5, 5.41) is 7.21. The summed E-state index contributed by atoms with van der Waals surface area (Å²) in [4.78, 5) is 16.9. The highest BCUT2D eigenvalue weighted by Crippen LogP contribution is 2.24. The van der Waals surface area contributed by atoms with Gasteiger partial charge in [-0.05, 0) is 36.2 Å². The smallest absolute Gasteiger partial charge is 0.251 e. The van der Waals surface area contributed by atoms with Crippen LogP contribution in [0.2, 0.25) is 10.0 Å². The normalized spacial score (nSPS) is 11.7. The molecule has 0 spiro atoms. The van der Waals surface area contributed by atoms with Gasteiger partial charge >= 0.3 is 0 Å². The van der Waals surface area contributed by atoms with E-state index in [2.05, 4.69) is 15.6 Å². The lowest BCUT2D eigenvalue weighted by atomic mass is 10.0. The van der Waals surface area contributed by atoms with Crippen molar-refractivity contribution in [1.82, 2.24) is 10.3 Å². The third-order valence-electron chi connectivity index (χ3n) is 4.56. The molecule has 3 aromatic rings. The van der Waals surface area contributed by atoms with Gasteiger partial charge in [-0.15, -0.1) is 0 Å². The summed E-state index contributed by atoms with van der Waals surface area (Å²) in [5.41, 5.74) is 9.54. The quantitative estimate of drug-likeness (QED) is 0.436. The molecule has 1 amide bonds. The van der Waals surface area contributed by atoms with Crippen molar-refractivity contribution in [2.45, 2.75) is 25.9 Å². The molecule has 0 fully saturated rings. The second kappa shape index (κ2) is 9.63. The van der Waals surface area contributed by atoms with Crippen molar-refractivity contribution < 1.29 is 4.79 Å². The van der Waals surface area contributed by atoms with Gasteiger partial charge in [-0.1, -0.05) is 60.5 Å². The molecule has 0 saturated heterocycles. The molecule has 5 nitrogen and oxygen atoms in total. The van der Waals surface area contributed by atoms with Gasteiger partial charge in [-0.2, -0.15) is 0 Å². The lowest BCUT2D eigenvalue weighted by molar-refractivity contribution is 0.0935. The van der Waals surface area contributed by atoms with E-state index in [4.69, 9.17) is 28.9 Å². The third kappa shape index (κ3) is 5.40. The zero-order chi connectivity index (χ0) is 20.8. The molecule has 1 heterocycles. The number of amides is 1. The van der Waals surface area contributed by atoms with Crippen LogP contribution in [-0.2, 0) is 6.54 Å². The summed E-state index contributed by atoms with van der Waals surface area (Å²) < 4.78 is 0. The van der Waals surface area contributed by atoms with Gasteiger partial charge in [-0.3, -0.25) is 9.78 Å². The maximum Gasteiger partial charge on any atom is 0.251 e. The Bertz CT molecular complexity index is 995. The van der Waals surface area contributed by atoms with Crippen LogP contribution in [0, 0.1) is 0 Å². The lowest BCUT2D eigenvalue weighted by Crippen LogP contribution is -2.28. The molecule has 150 valence electrons. The maximum atomic E-state index is 12.7. The highest BCUT2D eigenvalue weighted by Gasteiger charge is 2.15. The predicted molar refractivity (Wildman–Crippen MR) is 119 cm³/mol. The van der Waals surface area contributed by atoms with Gasteiger partial charge < -0.3 is 16.4 Å². The number of halogens is 2. The number of nitrogens with zero attached hydrogens (tertiary/aromatic N) is 1. The topological polar surface area (TPSA) is 80.0 Å². The van der Waals surface area contributed by atoms with Crippen molar-refractivity contribution in [2.24, 2.45) is 0 Å². The Balaban J connectivity index is 1.67. The second-order valence-corrected chi connectivity index (χ2v) is 7.43. The summed E-state index contributed by atoms with van der Waals surface area (Å²) in [7, 11) is 0. The van der Waals surface area contributed by atoms with E-state index in [0.29, 0.717) is 39.2 Å². The van der Waals surface area contributed by atoms with Gasteiger partial charge in [0.1, 0.15) is 0 Å². The van der Waals surface area contributed by atoms with Crippen LogP contribution in [-0.4, -0.2) is 10.9 Å². The summed E-state index contributed by atoms with van der Waals surface area (Å²) in [6.07, 6.45) is 2.33. The van der Waals surface area contributed by atoms with Crippen LogP contribution in [0.5, 0.6) is 0 Å². The lowest BCUT2D eigenvalue weighted by Gasteiger charge is -2.18. The number of hydrogen-bond donors (Lipinski definition) is 3. The fourth-order valence-electron chi connectivity index (χ4n) is 2.96. The Morgan fingerprint density at radius 2 is 1.90 bits per heavy atom. The van der Waals surface area contributed by atoms with Gasteiger partial charge in [0.25, 0.3) is 5.91 Å². The standard InChI is InChI=1S/C22H22Cl2N4O/c1-2-19(14-6-4-3-5-7-14)28-22(29)15-8-9-20(18(25)10-15)27-13-21-17(24)11-16(23)12-26-21/h3-12,19,27H,2,13,25H2,1H3,(H,28,29). The molecule has 3 rings (SSSR count). The number of carbonyl (C=O) groups excluding carboxylic acids is 1. The summed E-state index contributed by atoms with van der Waals surface area (Å²) in [6, 6.07) is 16.7. The van der Waals surface area contributed by atoms with Gasteiger partial charge in [0.2, 0.25) is 0 Å². The average Bonchev–Trinajstić information content (AvgIpc) is 2.72. The Hall–Kier alpha value is -2.76. The summed E-state index contributed by atoms with van der Waals surface area (Å²) in [6.45, 7) is 2.42. The molecule has 7 heteroatoms. The van der Waals surface area contributed by atoms with Crippen LogP contribution < -0.4 is 16.4 Å². The van der Waals surface area contributed by atoms with E-state index in [0.717, 1.165) is 12.0 Å². The predicted octanol–water partition coefficient (Wildman–Crippen LogP) is 5.46. The van der Waals surface area contributed by atoms with Crippen molar-refractivity contribution in [3.8, 4) is 0 Å². The minimum Gasteiger partial charge on any atom is -0.397 e. The van der Waals surface area contributed by atoms with Gasteiger partial charge in [0.05, 0.1) is 39.7 Å². The van der Waals surface area contributed by atoms with E-state index in [1.165, 1.54) is 6.20 Å². The number of benzene rings is 2. The monoisotopic (exact) mass is 428 g/mol. The SMILES string of the molecule is CCC(NC(=O)c1ccc(NCc2ncc(Cl)cc2Cl)c(N)c1)c1ccccc1. The first-order valence-corrected chi connectivity index (χ1v) is 10.0. The minimum absolute atomic E-state index is 0.0548. The summed E-state index contributed by atoms with van der Waals surface area (Å²) >= 11 is 12.0. The average molecular weight is 429 g/mol. The molecule has 1 atom stereocenters. The van der Waals surface area contributed by atoms with E-state index in [1.54, 1.807) is 24.3 Å². The number of nitrogens with two attached hydrogens (primary N) is 1. The number of nitrogen functional groups attached to an aromatic ring is 1. The highest BCUT2D eigenvalue weighted by atomic mass is 35.5. The van der Waals surface area contributed by atoms with Gasteiger partial charge in [0, 0.05) is 11.8 Å². The first kappa shape index (κ1) is 21.0. The molecule has 0 aliphatic heterocycles. The molecule has 0 aliphatic carbocycles. The zero-order valence-electron chi connectivity index (χ0n) is 16.0. The van der Waals surface area contributed by atoms with Crippen LogP contribution in [0.4, 0.5) is 11.4 Å². The number of rotatable bonds is 7. The van der Waals surface area contributed by atoms with E-state index < -0.39 is 0 Å². The van der Waals surface area contributed by atoms with Crippen LogP contribution in [0.3, 0.4) is 0 Å². The molecule has 0 radical (unpaired) electrons. The van der Waals surface area contributed by atoms with Crippen LogP contribution in [0.1, 0.15) is 41.0 Å². The molecule has 29 heavy (non-hydrogen) atoms. The van der Waals surface area contributed by atoms with Gasteiger partial charge in [-0.25, -0.2) is 0 Å². The van der Waals surface area contributed by atoms with Crippen molar-refractivity contribution in [3.63, 3.8) is 0 Å². The molecule has 0 aliphatic rings. The van der Waals surface area contributed by atoms with E-state index >= 15 is 0 Å². The number of anilines is 2. The molecule has 4 N–H and O–H groups in total. The minimum atomic E-state index is -0.165. The fourth-order valence-corrected chi connectivity index (χ4v) is 3.41. The summed E-state index contributed by atoms with van der Waals surface area (Å²) in [5.74, 6) is -0.165. The maximum absolute atomic E-state index is 12.7. The number of pyridine rings is 1. The third-order valence-corrected chi connectivity index (χ3v) is 5.09. The molecular formula is C22H22Cl2N4O. The van der Waals surface area contributed by atoms with Crippen LogP contribution in [0.25, 0.3) is 0 Å². The molecule has 1 unspecified atom stereocenters. The number of aromatic nitrogens is 1. The molecular weight excluding hydrogens is 407 g/mol. The molecule has 0 bridgehead atoms. The highest BCUT2D eigenvalue weighted by molar-refractivity contribution is 6.34.